The van der Waals surface area contributed by atoms with E-state index in [1.807, 2.05) is 0 Å². The third-order valence-corrected chi connectivity index (χ3v) is 4.62. The summed E-state index contributed by atoms with van der Waals surface area (Å²) in [6, 6.07) is 1.84. The lowest BCUT2D eigenvalue weighted by molar-refractivity contribution is 0.0902. The Balaban J connectivity index is 2.19. The summed E-state index contributed by atoms with van der Waals surface area (Å²) < 4.78 is 58.2. The molecule has 7 heteroatoms. The zero-order chi connectivity index (χ0) is 14.0. The number of halogens is 2. The number of sulfonamides is 1. The molecule has 1 N–H and O–H groups in total. The first-order valence-electron chi connectivity index (χ1n) is 5.99. The number of hydrogen-bond acceptors (Lipinski definition) is 3. The van der Waals surface area contributed by atoms with Gasteiger partial charge < -0.3 is 4.74 Å². The van der Waals surface area contributed by atoms with Gasteiger partial charge in [-0.05, 0) is 38.0 Å². The van der Waals surface area contributed by atoms with Gasteiger partial charge in [-0.1, -0.05) is 0 Å². The van der Waals surface area contributed by atoms with Crippen LogP contribution in [0.3, 0.4) is 0 Å². The lowest BCUT2D eigenvalue weighted by Gasteiger charge is -2.20. The van der Waals surface area contributed by atoms with E-state index < -0.39 is 32.6 Å². The molecule has 0 spiro atoms. The molecule has 1 aromatic rings. The van der Waals surface area contributed by atoms with Crippen molar-refractivity contribution in [1.82, 2.24) is 4.72 Å². The van der Waals surface area contributed by atoms with Crippen LogP contribution in [0.5, 0.6) is 0 Å². The summed E-state index contributed by atoms with van der Waals surface area (Å²) >= 11 is 0. The van der Waals surface area contributed by atoms with E-state index in [1.165, 1.54) is 0 Å². The van der Waals surface area contributed by atoms with E-state index in [9.17, 15) is 17.2 Å². The van der Waals surface area contributed by atoms with Gasteiger partial charge in [0.15, 0.2) is 0 Å². The molecule has 19 heavy (non-hydrogen) atoms. The highest BCUT2D eigenvalue weighted by Gasteiger charge is 2.28. The smallest absolute Gasteiger partial charge is 0.243 e. The first-order chi connectivity index (χ1) is 8.90. The second kappa shape index (κ2) is 5.52. The van der Waals surface area contributed by atoms with E-state index in [0.29, 0.717) is 12.7 Å². The molecular formula is C12H15F2NO3S. The predicted molar refractivity (Wildman–Crippen MR) is 65.1 cm³/mol. The average Bonchev–Trinajstić information content (AvgIpc) is 2.85. The summed E-state index contributed by atoms with van der Waals surface area (Å²) in [5.41, 5.74) is 0. The molecular weight excluding hydrogens is 276 g/mol. The molecule has 0 amide bonds. The molecule has 1 aliphatic rings. The van der Waals surface area contributed by atoms with Gasteiger partial charge in [-0.25, -0.2) is 21.9 Å². The average molecular weight is 291 g/mol. The Bertz CT molecular complexity index is 556. The maximum Gasteiger partial charge on any atom is 0.243 e. The molecule has 1 aliphatic heterocycles. The third-order valence-electron chi connectivity index (χ3n) is 3.05. The molecule has 4 nitrogen and oxygen atoms in total. The first kappa shape index (κ1) is 14.4. The topological polar surface area (TPSA) is 55.4 Å². The van der Waals surface area contributed by atoms with Crippen LogP contribution in [-0.4, -0.2) is 27.2 Å². The maximum atomic E-state index is 13.5. The van der Waals surface area contributed by atoms with Crippen LogP contribution >= 0.6 is 0 Å². The molecule has 1 aromatic carbocycles. The molecule has 0 bridgehead atoms. The summed E-state index contributed by atoms with van der Waals surface area (Å²) in [6.45, 7) is 2.23. The van der Waals surface area contributed by atoms with Crippen LogP contribution in [-0.2, 0) is 14.8 Å². The van der Waals surface area contributed by atoms with Gasteiger partial charge in [0.1, 0.15) is 16.5 Å². The van der Waals surface area contributed by atoms with Gasteiger partial charge in [0, 0.05) is 12.6 Å². The van der Waals surface area contributed by atoms with Gasteiger partial charge in [-0.2, -0.15) is 0 Å². The van der Waals surface area contributed by atoms with Crippen molar-refractivity contribution in [3.05, 3.63) is 29.8 Å². The Hall–Kier alpha value is -1.05. The van der Waals surface area contributed by atoms with Crippen LogP contribution in [0, 0.1) is 11.6 Å². The number of nitrogens with one attached hydrogen (secondary N) is 1. The van der Waals surface area contributed by atoms with Crippen LogP contribution in [0.2, 0.25) is 0 Å². The Morgan fingerprint density at radius 3 is 2.79 bits per heavy atom. The lowest BCUT2D eigenvalue weighted by Crippen LogP contribution is -2.41. The Morgan fingerprint density at radius 1 is 1.42 bits per heavy atom. The minimum absolute atomic E-state index is 0.230. The Kier molecular flexibility index (Phi) is 4.17. The SMILES string of the molecule is CC(NS(=O)(=O)c1cc(F)ccc1F)C1CCCO1. The number of rotatable bonds is 4. The predicted octanol–water partition coefficient (Wildman–Crippen LogP) is 1.81. The van der Waals surface area contributed by atoms with E-state index in [4.69, 9.17) is 4.74 Å². The van der Waals surface area contributed by atoms with Crippen molar-refractivity contribution in [3.8, 4) is 0 Å². The second-order valence-electron chi connectivity index (χ2n) is 4.54. The fraction of sp³-hybridized carbons (Fsp3) is 0.500. The van der Waals surface area contributed by atoms with E-state index >= 15 is 0 Å². The van der Waals surface area contributed by atoms with Crippen molar-refractivity contribution in [2.45, 2.75) is 36.8 Å². The number of ether oxygens (including phenoxy) is 1. The van der Waals surface area contributed by atoms with Crippen molar-refractivity contribution in [3.63, 3.8) is 0 Å². The van der Waals surface area contributed by atoms with Crippen LogP contribution < -0.4 is 4.72 Å². The first-order valence-corrected chi connectivity index (χ1v) is 7.47. The monoisotopic (exact) mass is 291 g/mol. The van der Waals surface area contributed by atoms with E-state index in [1.54, 1.807) is 6.92 Å². The quantitative estimate of drug-likeness (QED) is 0.920. The highest BCUT2D eigenvalue weighted by atomic mass is 32.2. The minimum atomic E-state index is -4.10. The number of hydrogen-bond donors (Lipinski definition) is 1. The Morgan fingerprint density at radius 2 is 2.16 bits per heavy atom. The molecule has 1 heterocycles. The van der Waals surface area contributed by atoms with E-state index in [-0.39, 0.29) is 6.10 Å². The Labute approximate surface area is 110 Å². The normalized spacial score (nSPS) is 21.5. The standard InChI is InChI=1S/C12H15F2NO3S/c1-8(11-3-2-6-18-11)15-19(16,17)12-7-9(13)4-5-10(12)14/h4-5,7-8,11,15H,2-3,6H2,1H3. The minimum Gasteiger partial charge on any atom is -0.377 e. The second-order valence-corrected chi connectivity index (χ2v) is 6.22. The van der Waals surface area contributed by atoms with Crippen molar-refractivity contribution in [2.24, 2.45) is 0 Å². The summed E-state index contributed by atoms with van der Waals surface area (Å²) in [5, 5.41) is 0. The van der Waals surface area contributed by atoms with Gasteiger partial charge >= 0.3 is 0 Å². The summed E-state index contributed by atoms with van der Waals surface area (Å²) in [7, 11) is -4.10. The van der Waals surface area contributed by atoms with Gasteiger partial charge in [-0.3, -0.25) is 0 Å². The summed E-state index contributed by atoms with van der Waals surface area (Å²) in [4.78, 5) is -0.683. The summed E-state index contributed by atoms with van der Waals surface area (Å²) in [6.07, 6.45) is 1.38. The van der Waals surface area contributed by atoms with Crippen molar-refractivity contribution in [2.75, 3.05) is 6.61 Å². The molecule has 2 atom stereocenters. The molecule has 2 unspecified atom stereocenters. The van der Waals surface area contributed by atoms with Gasteiger partial charge in [0.25, 0.3) is 0 Å². The molecule has 1 fully saturated rings. The molecule has 1 saturated heterocycles. The van der Waals surface area contributed by atoms with E-state index in [2.05, 4.69) is 4.72 Å². The molecule has 0 saturated carbocycles. The highest BCUT2D eigenvalue weighted by molar-refractivity contribution is 7.89. The summed E-state index contributed by atoms with van der Waals surface area (Å²) in [5.74, 6) is -1.78. The molecule has 0 aromatic heterocycles. The van der Waals surface area contributed by atoms with Crippen molar-refractivity contribution >= 4 is 10.0 Å². The highest BCUT2D eigenvalue weighted by Crippen LogP contribution is 2.19. The maximum absolute atomic E-state index is 13.5. The zero-order valence-corrected chi connectivity index (χ0v) is 11.2. The van der Waals surface area contributed by atoms with Crippen LogP contribution in [0.4, 0.5) is 8.78 Å². The fourth-order valence-corrected chi connectivity index (χ4v) is 3.42. The van der Waals surface area contributed by atoms with Crippen LogP contribution in [0.25, 0.3) is 0 Å². The van der Waals surface area contributed by atoms with Crippen molar-refractivity contribution < 1.29 is 21.9 Å². The van der Waals surface area contributed by atoms with Gasteiger partial charge in [-0.15, -0.1) is 0 Å². The fourth-order valence-electron chi connectivity index (χ4n) is 2.06. The molecule has 2 rings (SSSR count). The molecule has 0 radical (unpaired) electrons. The number of benzene rings is 1. The van der Waals surface area contributed by atoms with Crippen molar-refractivity contribution in [1.29, 1.82) is 0 Å². The zero-order valence-electron chi connectivity index (χ0n) is 10.4. The van der Waals surface area contributed by atoms with Gasteiger partial charge in [0.2, 0.25) is 10.0 Å². The largest absolute Gasteiger partial charge is 0.377 e. The molecule has 106 valence electrons. The van der Waals surface area contributed by atoms with Crippen LogP contribution in [0.1, 0.15) is 19.8 Å². The third kappa shape index (κ3) is 3.29. The lowest BCUT2D eigenvalue weighted by atomic mass is 10.1. The van der Waals surface area contributed by atoms with E-state index in [0.717, 1.165) is 25.0 Å². The van der Waals surface area contributed by atoms with Crippen LogP contribution in [0.15, 0.2) is 23.1 Å². The van der Waals surface area contributed by atoms with Gasteiger partial charge in [0.05, 0.1) is 6.10 Å². The molecule has 0 aliphatic carbocycles.